The quantitative estimate of drug-likeness (QED) is 0.922. The predicted molar refractivity (Wildman–Crippen MR) is 84.6 cm³/mol. The maximum absolute atomic E-state index is 12.2. The van der Waals surface area contributed by atoms with Crippen LogP contribution in [0.5, 0.6) is 0 Å². The summed E-state index contributed by atoms with van der Waals surface area (Å²) in [5, 5.41) is 7.02. The van der Waals surface area contributed by atoms with Crippen LogP contribution in [0.3, 0.4) is 0 Å². The summed E-state index contributed by atoms with van der Waals surface area (Å²) in [6.45, 7) is 5.81. The van der Waals surface area contributed by atoms with Crippen molar-refractivity contribution in [3.8, 4) is 0 Å². The van der Waals surface area contributed by atoms with Gasteiger partial charge in [0.1, 0.15) is 5.76 Å². The SMILES string of the molecule is Cc1noc(C)c1CC(=O)N[C@H](C)[C@H]1C[C@@H]1c1ccccc1. The average Bonchev–Trinajstić information content (AvgIpc) is 3.26. The van der Waals surface area contributed by atoms with E-state index in [1.54, 1.807) is 0 Å². The Morgan fingerprint density at radius 1 is 1.36 bits per heavy atom. The van der Waals surface area contributed by atoms with Crippen molar-refractivity contribution in [3.63, 3.8) is 0 Å². The van der Waals surface area contributed by atoms with Crippen LogP contribution in [-0.4, -0.2) is 17.1 Å². The standard InChI is InChI=1S/C18H22N2O2/c1-11(16-9-17(16)14-7-5-4-6-8-14)19-18(21)10-15-12(2)20-22-13(15)3/h4-8,11,16-17H,9-10H2,1-3H3,(H,19,21)/t11-,16-,17-/m1/s1. The van der Waals surface area contributed by atoms with Gasteiger partial charge in [0, 0.05) is 11.6 Å². The smallest absolute Gasteiger partial charge is 0.224 e. The lowest BCUT2D eigenvalue weighted by Gasteiger charge is -2.14. The highest BCUT2D eigenvalue weighted by molar-refractivity contribution is 5.79. The fraction of sp³-hybridized carbons (Fsp3) is 0.444. The van der Waals surface area contributed by atoms with Gasteiger partial charge in [-0.15, -0.1) is 0 Å². The Hall–Kier alpha value is -2.10. The second-order valence-electron chi connectivity index (χ2n) is 6.25. The number of nitrogens with zero attached hydrogens (tertiary/aromatic N) is 1. The molecule has 1 aliphatic carbocycles. The average molecular weight is 298 g/mol. The molecule has 0 saturated heterocycles. The summed E-state index contributed by atoms with van der Waals surface area (Å²) in [5.41, 5.74) is 3.08. The van der Waals surface area contributed by atoms with E-state index in [-0.39, 0.29) is 11.9 Å². The van der Waals surface area contributed by atoms with Crippen molar-refractivity contribution in [2.45, 2.75) is 45.6 Å². The van der Waals surface area contributed by atoms with Crippen molar-refractivity contribution < 1.29 is 9.32 Å². The third-order valence-corrected chi connectivity index (χ3v) is 4.62. The number of nitrogens with one attached hydrogen (secondary N) is 1. The number of hydrogen-bond acceptors (Lipinski definition) is 3. The van der Waals surface area contributed by atoms with Gasteiger partial charge in [0.25, 0.3) is 0 Å². The summed E-state index contributed by atoms with van der Waals surface area (Å²) >= 11 is 0. The number of aromatic nitrogens is 1. The zero-order valence-electron chi connectivity index (χ0n) is 13.3. The molecular weight excluding hydrogens is 276 g/mol. The van der Waals surface area contributed by atoms with Gasteiger partial charge >= 0.3 is 0 Å². The number of benzene rings is 1. The molecule has 4 heteroatoms. The van der Waals surface area contributed by atoms with Crippen LogP contribution in [0.2, 0.25) is 0 Å². The van der Waals surface area contributed by atoms with Crippen LogP contribution in [-0.2, 0) is 11.2 Å². The molecule has 0 unspecified atom stereocenters. The van der Waals surface area contributed by atoms with Crippen LogP contribution in [0.15, 0.2) is 34.9 Å². The normalized spacial score (nSPS) is 21.4. The molecule has 0 radical (unpaired) electrons. The second-order valence-corrected chi connectivity index (χ2v) is 6.25. The molecule has 22 heavy (non-hydrogen) atoms. The van der Waals surface area contributed by atoms with Gasteiger partial charge in [-0.05, 0) is 44.6 Å². The molecule has 1 aromatic carbocycles. The van der Waals surface area contributed by atoms with Gasteiger partial charge in [-0.1, -0.05) is 35.5 Å². The molecule has 4 nitrogen and oxygen atoms in total. The van der Waals surface area contributed by atoms with Gasteiger partial charge in [0.15, 0.2) is 0 Å². The third kappa shape index (κ3) is 3.06. The predicted octanol–water partition coefficient (Wildman–Crippen LogP) is 3.14. The molecule has 3 rings (SSSR count). The van der Waals surface area contributed by atoms with Crippen molar-refractivity contribution in [3.05, 3.63) is 52.9 Å². The van der Waals surface area contributed by atoms with Crippen molar-refractivity contribution in [1.29, 1.82) is 0 Å². The van der Waals surface area contributed by atoms with Crippen LogP contribution < -0.4 is 5.32 Å². The van der Waals surface area contributed by atoms with Crippen molar-refractivity contribution in [2.24, 2.45) is 5.92 Å². The molecule has 1 amide bonds. The number of amides is 1. The first kappa shape index (κ1) is 14.8. The monoisotopic (exact) mass is 298 g/mol. The van der Waals surface area contributed by atoms with Gasteiger partial charge in [0.05, 0.1) is 12.1 Å². The second kappa shape index (κ2) is 5.95. The van der Waals surface area contributed by atoms with E-state index in [9.17, 15) is 4.79 Å². The summed E-state index contributed by atoms with van der Waals surface area (Å²) in [6, 6.07) is 10.7. The number of carbonyl (C=O) groups is 1. The Kier molecular flexibility index (Phi) is 4.01. The molecule has 0 bridgehead atoms. The molecule has 116 valence electrons. The third-order valence-electron chi connectivity index (χ3n) is 4.62. The van der Waals surface area contributed by atoms with E-state index in [4.69, 9.17) is 4.52 Å². The van der Waals surface area contributed by atoms with Crippen molar-refractivity contribution in [2.75, 3.05) is 0 Å². The molecule has 0 spiro atoms. The van der Waals surface area contributed by atoms with E-state index in [0.29, 0.717) is 18.3 Å². The van der Waals surface area contributed by atoms with Gasteiger partial charge in [-0.25, -0.2) is 0 Å². The van der Waals surface area contributed by atoms with Crippen LogP contribution in [0.1, 0.15) is 41.8 Å². The molecule has 1 aromatic heterocycles. The lowest BCUT2D eigenvalue weighted by molar-refractivity contribution is -0.121. The molecule has 1 N–H and O–H groups in total. The van der Waals surface area contributed by atoms with E-state index in [1.807, 2.05) is 19.9 Å². The Balaban J connectivity index is 1.55. The molecule has 2 aromatic rings. The Labute approximate surface area is 130 Å². The van der Waals surface area contributed by atoms with E-state index >= 15 is 0 Å². The van der Waals surface area contributed by atoms with E-state index < -0.39 is 0 Å². The summed E-state index contributed by atoms with van der Waals surface area (Å²) in [7, 11) is 0. The Bertz CT molecular complexity index is 643. The van der Waals surface area contributed by atoms with Gasteiger partial charge in [-0.2, -0.15) is 0 Å². The van der Waals surface area contributed by atoms with Crippen molar-refractivity contribution in [1.82, 2.24) is 10.5 Å². The van der Waals surface area contributed by atoms with Gasteiger partial charge < -0.3 is 9.84 Å². The highest BCUT2D eigenvalue weighted by atomic mass is 16.5. The summed E-state index contributed by atoms with van der Waals surface area (Å²) in [5.74, 6) is 1.89. The Morgan fingerprint density at radius 2 is 2.09 bits per heavy atom. The van der Waals surface area contributed by atoms with E-state index in [1.165, 1.54) is 5.56 Å². The molecule has 1 saturated carbocycles. The number of aryl methyl sites for hydroxylation is 2. The highest BCUT2D eigenvalue weighted by Crippen LogP contribution is 2.49. The van der Waals surface area contributed by atoms with Crippen LogP contribution >= 0.6 is 0 Å². The summed E-state index contributed by atoms with van der Waals surface area (Å²) in [4.78, 5) is 12.2. The molecule has 1 aliphatic rings. The van der Waals surface area contributed by atoms with Crippen LogP contribution in [0.4, 0.5) is 0 Å². The van der Waals surface area contributed by atoms with Crippen LogP contribution in [0, 0.1) is 19.8 Å². The zero-order chi connectivity index (χ0) is 15.7. The summed E-state index contributed by atoms with van der Waals surface area (Å²) in [6.07, 6.45) is 1.49. The minimum atomic E-state index is 0.0422. The topological polar surface area (TPSA) is 55.1 Å². The Morgan fingerprint density at radius 3 is 2.73 bits per heavy atom. The summed E-state index contributed by atoms with van der Waals surface area (Å²) < 4.78 is 5.11. The minimum Gasteiger partial charge on any atom is -0.361 e. The molecule has 3 atom stereocenters. The minimum absolute atomic E-state index is 0.0422. The number of carbonyl (C=O) groups excluding carboxylic acids is 1. The van der Waals surface area contributed by atoms with Gasteiger partial charge in [-0.3, -0.25) is 4.79 Å². The number of hydrogen-bond donors (Lipinski definition) is 1. The first-order valence-electron chi connectivity index (χ1n) is 7.82. The molecule has 0 aliphatic heterocycles. The van der Waals surface area contributed by atoms with Crippen molar-refractivity contribution >= 4 is 5.91 Å². The fourth-order valence-corrected chi connectivity index (χ4v) is 3.18. The van der Waals surface area contributed by atoms with E-state index in [2.05, 4.69) is 41.7 Å². The largest absolute Gasteiger partial charge is 0.361 e. The lowest BCUT2D eigenvalue weighted by Crippen LogP contribution is -2.35. The number of rotatable bonds is 5. The first-order chi connectivity index (χ1) is 10.6. The van der Waals surface area contributed by atoms with E-state index in [0.717, 1.165) is 23.4 Å². The molecule has 1 heterocycles. The highest BCUT2D eigenvalue weighted by Gasteiger charge is 2.42. The molecular formula is C18H22N2O2. The zero-order valence-corrected chi connectivity index (χ0v) is 13.3. The van der Waals surface area contributed by atoms with Crippen LogP contribution in [0.25, 0.3) is 0 Å². The fourth-order valence-electron chi connectivity index (χ4n) is 3.18. The van der Waals surface area contributed by atoms with Gasteiger partial charge in [0.2, 0.25) is 5.91 Å². The first-order valence-corrected chi connectivity index (χ1v) is 7.82. The maximum atomic E-state index is 12.2. The lowest BCUT2D eigenvalue weighted by atomic mass is 10.1. The maximum Gasteiger partial charge on any atom is 0.224 e. The molecule has 1 fully saturated rings.